The molecule has 0 fully saturated rings. The zero-order chi connectivity index (χ0) is 15.5. The van der Waals surface area contributed by atoms with Crippen LogP contribution in [-0.4, -0.2) is 25.7 Å². The summed E-state index contributed by atoms with van der Waals surface area (Å²) in [5.41, 5.74) is 6.39. The molecular weight excluding hydrogens is 271 g/mol. The molecule has 0 aromatic heterocycles. The van der Waals surface area contributed by atoms with Crippen LogP contribution in [-0.2, 0) is 16.1 Å². The number of carbonyl (C=O) groups excluding carboxylic acids is 1. The molecule has 0 saturated heterocycles. The van der Waals surface area contributed by atoms with Crippen LogP contribution in [0.3, 0.4) is 0 Å². The fourth-order valence-electron chi connectivity index (χ4n) is 1.70. The second-order valence-corrected chi connectivity index (χ2v) is 4.39. The largest absolute Gasteiger partial charge is 0.382 e. The third-order valence-corrected chi connectivity index (χ3v) is 2.75. The van der Waals surface area contributed by atoms with Gasteiger partial charge in [0.2, 0.25) is 5.91 Å². The van der Waals surface area contributed by atoms with Gasteiger partial charge in [-0.2, -0.15) is 0 Å². The van der Waals surface area contributed by atoms with Crippen molar-refractivity contribution in [2.24, 2.45) is 5.73 Å². The van der Waals surface area contributed by atoms with E-state index in [4.69, 9.17) is 10.5 Å². The van der Waals surface area contributed by atoms with Crippen LogP contribution < -0.4 is 11.1 Å². The minimum atomic E-state index is -0.358. The van der Waals surface area contributed by atoms with Crippen LogP contribution in [0.2, 0.25) is 0 Å². The summed E-state index contributed by atoms with van der Waals surface area (Å²) in [5.74, 6) is 5.07. The van der Waals surface area contributed by atoms with Crippen molar-refractivity contribution >= 4 is 5.91 Å². The van der Waals surface area contributed by atoms with Gasteiger partial charge in [-0.15, -0.1) is 0 Å². The summed E-state index contributed by atoms with van der Waals surface area (Å²) in [5, 5.41) is 2.69. The van der Waals surface area contributed by atoms with Crippen LogP contribution in [0.5, 0.6) is 0 Å². The van der Waals surface area contributed by atoms with E-state index in [-0.39, 0.29) is 24.8 Å². The average Bonchev–Trinajstić information content (AvgIpc) is 2.49. The first-order valence-electron chi connectivity index (χ1n) is 6.99. The fourth-order valence-corrected chi connectivity index (χ4v) is 1.70. The first-order chi connectivity index (χ1) is 10.2. The molecule has 0 spiro atoms. The Hall–Kier alpha value is -1.90. The molecule has 3 N–H and O–H groups in total. The summed E-state index contributed by atoms with van der Waals surface area (Å²) < 4.78 is 18.8. The molecule has 0 bridgehead atoms. The molecule has 1 amide bonds. The molecule has 0 aliphatic heterocycles. The number of nitrogens with two attached hydrogens (primary N) is 1. The van der Waals surface area contributed by atoms with Crippen molar-refractivity contribution in [2.45, 2.75) is 26.3 Å². The fraction of sp³-hybridized carbons (Fsp3) is 0.438. The summed E-state index contributed by atoms with van der Waals surface area (Å²) >= 11 is 0. The number of rotatable bonds is 7. The highest BCUT2D eigenvalue weighted by atomic mass is 19.1. The maximum atomic E-state index is 13.7. The molecule has 0 aliphatic rings. The number of nitrogens with one attached hydrogen (secondary N) is 1. The predicted molar refractivity (Wildman–Crippen MR) is 79.9 cm³/mol. The highest BCUT2D eigenvalue weighted by Crippen LogP contribution is 2.10. The maximum Gasteiger partial charge on any atom is 0.220 e. The number of carbonyl (C=O) groups is 1. The van der Waals surface area contributed by atoms with Gasteiger partial charge in [0, 0.05) is 37.3 Å². The predicted octanol–water partition coefficient (Wildman–Crippen LogP) is 1.57. The third-order valence-electron chi connectivity index (χ3n) is 2.75. The van der Waals surface area contributed by atoms with Crippen LogP contribution in [0.25, 0.3) is 0 Å². The second kappa shape index (κ2) is 9.92. The zero-order valence-electron chi connectivity index (χ0n) is 12.2. The quantitative estimate of drug-likeness (QED) is 0.592. The topological polar surface area (TPSA) is 64.3 Å². The van der Waals surface area contributed by atoms with Crippen LogP contribution in [0.4, 0.5) is 4.39 Å². The minimum absolute atomic E-state index is 0.118. The lowest BCUT2D eigenvalue weighted by molar-refractivity contribution is -0.121. The van der Waals surface area contributed by atoms with Crippen molar-refractivity contribution in [3.8, 4) is 11.8 Å². The number of amides is 1. The number of benzene rings is 1. The molecule has 0 heterocycles. The summed E-state index contributed by atoms with van der Waals surface area (Å²) in [6, 6.07) is 4.56. The van der Waals surface area contributed by atoms with E-state index in [9.17, 15) is 9.18 Å². The normalized spacial score (nSPS) is 9.86. The summed E-state index contributed by atoms with van der Waals surface area (Å²) in [6.45, 7) is 3.51. The Morgan fingerprint density at radius 2 is 2.29 bits per heavy atom. The lowest BCUT2D eigenvalue weighted by Crippen LogP contribution is -2.23. The van der Waals surface area contributed by atoms with Crippen LogP contribution >= 0.6 is 0 Å². The summed E-state index contributed by atoms with van der Waals surface area (Å²) in [7, 11) is 0. The molecule has 114 valence electrons. The van der Waals surface area contributed by atoms with Gasteiger partial charge in [-0.25, -0.2) is 4.39 Å². The van der Waals surface area contributed by atoms with Crippen molar-refractivity contribution < 1.29 is 13.9 Å². The number of hydrogen-bond acceptors (Lipinski definition) is 3. The Kier molecular flexibility index (Phi) is 8.10. The Morgan fingerprint density at radius 3 is 3.00 bits per heavy atom. The van der Waals surface area contributed by atoms with E-state index in [0.29, 0.717) is 37.2 Å². The molecule has 0 radical (unpaired) electrons. The van der Waals surface area contributed by atoms with E-state index < -0.39 is 0 Å². The van der Waals surface area contributed by atoms with Gasteiger partial charge in [-0.1, -0.05) is 11.8 Å². The monoisotopic (exact) mass is 292 g/mol. The molecule has 21 heavy (non-hydrogen) atoms. The van der Waals surface area contributed by atoms with Crippen molar-refractivity contribution in [2.75, 3.05) is 19.8 Å². The number of ether oxygens (including phenoxy) is 1. The highest BCUT2D eigenvalue weighted by molar-refractivity contribution is 5.75. The SMILES string of the molecule is CCOCCCC(=O)NCc1cc(C#CCN)ccc1F. The van der Waals surface area contributed by atoms with Gasteiger partial charge in [0.15, 0.2) is 0 Å². The van der Waals surface area contributed by atoms with Crippen LogP contribution in [0, 0.1) is 17.7 Å². The molecule has 4 nitrogen and oxygen atoms in total. The second-order valence-electron chi connectivity index (χ2n) is 4.39. The first kappa shape index (κ1) is 17.2. The van der Waals surface area contributed by atoms with E-state index in [1.165, 1.54) is 6.07 Å². The Bertz CT molecular complexity index is 521. The van der Waals surface area contributed by atoms with Crippen molar-refractivity contribution in [1.82, 2.24) is 5.32 Å². The van der Waals surface area contributed by atoms with Gasteiger partial charge in [-0.05, 0) is 31.5 Å². The van der Waals surface area contributed by atoms with Gasteiger partial charge < -0.3 is 15.8 Å². The maximum absolute atomic E-state index is 13.7. The molecule has 1 rings (SSSR count). The van der Waals surface area contributed by atoms with E-state index in [2.05, 4.69) is 17.2 Å². The van der Waals surface area contributed by atoms with Crippen LogP contribution in [0.1, 0.15) is 30.9 Å². The van der Waals surface area contributed by atoms with E-state index in [1.807, 2.05) is 6.92 Å². The third kappa shape index (κ3) is 6.89. The minimum Gasteiger partial charge on any atom is -0.382 e. The van der Waals surface area contributed by atoms with Gasteiger partial charge in [0.05, 0.1) is 6.54 Å². The lowest BCUT2D eigenvalue weighted by Gasteiger charge is -2.07. The molecule has 1 aromatic carbocycles. The Labute approximate surface area is 124 Å². The van der Waals surface area contributed by atoms with Gasteiger partial charge in [-0.3, -0.25) is 4.79 Å². The molecule has 5 heteroatoms. The van der Waals surface area contributed by atoms with Gasteiger partial charge in [0.1, 0.15) is 5.82 Å². The van der Waals surface area contributed by atoms with Crippen molar-refractivity contribution in [1.29, 1.82) is 0 Å². The molecular formula is C16H21FN2O2. The summed E-state index contributed by atoms with van der Waals surface area (Å²) in [6.07, 6.45) is 1.03. The van der Waals surface area contributed by atoms with Crippen molar-refractivity contribution in [3.05, 3.63) is 35.1 Å². The molecule has 0 aliphatic carbocycles. The Balaban J connectivity index is 2.48. The van der Waals surface area contributed by atoms with E-state index in [1.54, 1.807) is 12.1 Å². The molecule has 0 unspecified atom stereocenters. The zero-order valence-corrected chi connectivity index (χ0v) is 12.2. The molecule has 0 atom stereocenters. The first-order valence-corrected chi connectivity index (χ1v) is 6.99. The highest BCUT2D eigenvalue weighted by Gasteiger charge is 2.06. The van der Waals surface area contributed by atoms with Crippen molar-refractivity contribution in [3.63, 3.8) is 0 Å². The summed E-state index contributed by atoms with van der Waals surface area (Å²) in [4.78, 5) is 11.6. The van der Waals surface area contributed by atoms with E-state index in [0.717, 1.165) is 0 Å². The number of halogens is 1. The average molecular weight is 292 g/mol. The van der Waals surface area contributed by atoms with Gasteiger partial charge >= 0.3 is 0 Å². The van der Waals surface area contributed by atoms with Gasteiger partial charge in [0.25, 0.3) is 0 Å². The standard InChI is InChI=1S/C16H21FN2O2/c1-2-21-10-4-6-16(20)19-12-14-11-13(5-3-9-18)7-8-15(14)17/h7-8,11H,2,4,6,9-10,12,18H2,1H3,(H,19,20). The van der Waals surface area contributed by atoms with E-state index >= 15 is 0 Å². The molecule has 0 saturated carbocycles. The molecule has 1 aromatic rings. The number of hydrogen-bond donors (Lipinski definition) is 2. The smallest absolute Gasteiger partial charge is 0.220 e. The van der Waals surface area contributed by atoms with Crippen LogP contribution in [0.15, 0.2) is 18.2 Å². The Morgan fingerprint density at radius 1 is 1.48 bits per heavy atom. The lowest BCUT2D eigenvalue weighted by atomic mass is 10.1.